The van der Waals surface area contributed by atoms with Gasteiger partial charge in [0.05, 0.1) is 0 Å². The third-order valence-corrected chi connectivity index (χ3v) is 3.02. The fraction of sp³-hybridized carbons (Fsp3) is 0.583. The van der Waals surface area contributed by atoms with Gasteiger partial charge in [-0.2, -0.15) is 0 Å². The van der Waals surface area contributed by atoms with Gasteiger partial charge in [-0.3, -0.25) is 0 Å². The lowest BCUT2D eigenvalue weighted by Crippen LogP contribution is -2.13. The normalized spacial score (nSPS) is 20.5. The molecule has 0 aliphatic carbocycles. The quantitative estimate of drug-likeness (QED) is 0.787. The van der Waals surface area contributed by atoms with Crippen LogP contribution in [-0.4, -0.2) is 24.6 Å². The molecule has 1 aliphatic heterocycles. The number of rotatable bonds is 4. The van der Waals surface area contributed by atoms with Crippen LogP contribution in [-0.2, 0) is 0 Å². The van der Waals surface area contributed by atoms with Crippen LogP contribution in [0.4, 0.5) is 5.82 Å². The number of aromatic nitrogens is 1. The second kappa shape index (κ2) is 5.12. The second-order valence-electron chi connectivity index (χ2n) is 4.24. The summed E-state index contributed by atoms with van der Waals surface area (Å²) in [6, 6.07) is 4.06. The van der Waals surface area contributed by atoms with Crippen molar-refractivity contribution in [1.29, 1.82) is 0 Å². The van der Waals surface area contributed by atoms with Gasteiger partial charge in [0.1, 0.15) is 5.82 Å². The van der Waals surface area contributed by atoms with Crippen LogP contribution in [0.2, 0.25) is 0 Å². The van der Waals surface area contributed by atoms with E-state index in [9.17, 15) is 0 Å². The molecule has 0 saturated carbocycles. The van der Waals surface area contributed by atoms with Gasteiger partial charge in [0.15, 0.2) is 0 Å². The number of pyridine rings is 1. The third kappa shape index (κ3) is 2.93. The van der Waals surface area contributed by atoms with Gasteiger partial charge in [-0.15, -0.1) is 0 Å². The lowest BCUT2D eigenvalue weighted by Gasteiger charge is -2.10. The second-order valence-corrected chi connectivity index (χ2v) is 4.24. The highest BCUT2D eigenvalue weighted by molar-refractivity contribution is 5.42. The van der Waals surface area contributed by atoms with Crippen molar-refractivity contribution >= 4 is 5.82 Å². The van der Waals surface area contributed by atoms with Crippen LogP contribution < -0.4 is 10.6 Å². The fourth-order valence-corrected chi connectivity index (χ4v) is 2.03. The summed E-state index contributed by atoms with van der Waals surface area (Å²) in [4.78, 5) is 4.32. The van der Waals surface area contributed by atoms with E-state index in [0.717, 1.165) is 18.3 Å². The molecule has 1 unspecified atom stereocenters. The molecule has 0 radical (unpaired) electrons. The molecule has 0 bridgehead atoms. The Bertz CT molecular complexity index is 305. The topological polar surface area (TPSA) is 37.0 Å². The maximum atomic E-state index is 4.32. The molecule has 2 N–H and O–H groups in total. The van der Waals surface area contributed by atoms with Gasteiger partial charge >= 0.3 is 0 Å². The number of hydrogen-bond donors (Lipinski definition) is 2. The van der Waals surface area contributed by atoms with Crippen molar-refractivity contribution in [3.63, 3.8) is 0 Å². The van der Waals surface area contributed by atoms with Crippen molar-refractivity contribution in [3.05, 3.63) is 23.9 Å². The van der Waals surface area contributed by atoms with E-state index in [2.05, 4.69) is 28.6 Å². The molecule has 1 atom stereocenters. The van der Waals surface area contributed by atoms with E-state index < -0.39 is 0 Å². The van der Waals surface area contributed by atoms with Gasteiger partial charge in [0.2, 0.25) is 0 Å². The molecular weight excluding hydrogens is 186 g/mol. The summed E-state index contributed by atoms with van der Waals surface area (Å²) in [6.45, 7) is 5.49. The summed E-state index contributed by atoms with van der Waals surface area (Å²) in [5.41, 5.74) is 1.22. The average Bonchev–Trinajstić information content (AvgIpc) is 2.74. The molecule has 1 aromatic heterocycles. The minimum absolute atomic E-state index is 0.849. The molecule has 15 heavy (non-hydrogen) atoms. The lowest BCUT2D eigenvalue weighted by molar-refractivity contribution is 0.549. The van der Waals surface area contributed by atoms with Crippen molar-refractivity contribution < 1.29 is 0 Å². The van der Waals surface area contributed by atoms with E-state index in [-0.39, 0.29) is 0 Å². The summed E-state index contributed by atoms with van der Waals surface area (Å²) in [5.74, 6) is 1.88. The van der Waals surface area contributed by atoms with Gasteiger partial charge in [0.25, 0.3) is 0 Å². The van der Waals surface area contributed by atoms with Gasteiger partial charge < -0.3 is 10.6 Å². The number of aryl methyl sites for hydroxylation is 1. The van der Waals surface area contributed by atoms with E-state index in [4.69, 9.17) is 0 Å². The summed E-state index contributed by atoms with van der Waals surface area (Å²) >= 11 is 0. The minimum Gasteiger partial charge on any atom is -0.370 e. The first-order valence-electron chi connectivity index (χ1n) is 5.72. The van der Waals surface area contributed by atoms with Crippen molar-refractivity contribution in [2.45, 2.75) is 19.8 Å². The lowest BCUT2D eigenvalue weighted by atomic mass is 10.1. The molecule has 3 heteroatoms. The number of anilines is 1. The number of hydrogen-bond acceptors (Lipinski definition) is 3. The Morgan fingerprint density at radius 3 is 3.27 bits per heavy atom. The van der Waals surface area contributed by atoms with Crippen LogP contribution in [0, 0.1) is 12.8 Å². The zero-order chi connectivity index (χ0) is 10.5. The molecule has 1 fully saturated rings. The molecule has 1 aliphatic rings. The SMILES string of the molecule is Cc1cccnc1NCCC1CCNC1. The van der Waals surface area contributed by atoms with Crippen LogP contribution in [0.1, 0.15) is 18.4 Å². The molecule has 0 aromatic carbocycles. The Morgan fingerprint density at radius 1 is 1.60 bits per heavy atom. The highest BCUT2D eigenvalue weighted by Gasteiger charge is 2.13. The molecule has 1 saturated heterocycles. The van der Waals surface area contributed by atoms with Crippen LogP contribution in [0.5, 0.6) is 0 Å². The van der Waals surface area contributed by atoms with Gasteiger partial charge in [-0.05, 0) is 50.4 Å². The minimum atomic E-state index is 0.849. The first kappa shape index (κ1) is 10.4. The fourth-order valence-electron chi connectivity index (χ4n) is 2.03. The van der Waals surface area contributed by atoms with Crippen LogP contribution in [0.15, 0.2) is 18.3 Å². The first-order valence-corrected chi connectivity index (χ1v) is 5.72. The third-order valence-electron chi connectivity index (χ3n) is 3.02. The maximum absolute atomic E-state index is 4.32. The molecule has 0 amide bonds. The van der Waals surface area contributed by atoms with Gasteiger partial charge in [-0.25, -0.2) is 4.98 Å². The summed E-state index contributed by atoms with van der Waals surface area (Å²) < 4.78 is 0. The maximum Gasteiger partial charge on any atom is 0.128 e. The van der Waals surface area contributed by atoms with Crippen molar-refractivity contribution in [1.82, 2.24) is 10.3 Å². The Labute approximate surface area is 91.3 Å². The largest absolute Gasteiger partial charge is 0.370 e. The predicted octanol–water partition coefficient (Wildman–Crippen LogP) is 1.80. The van der Waals surface area contributed by atoms with Crippen LogP contribution >= 0.6 is 0 Å². The van der Waals surface area contributed by atoms with E-state index >= 15 is 0 Å². The predicted molar refractivity (Wildman–Crippen MR) is 63.1 cm³/mol. The Balaban J connectivity index is 1.75. The summed E-state index contributed by atoms with van der Waals surface area (Å²) in [7, 11) is 0. The van der Waals surface area contributed by atoms with Gasteiger partial charge in [-0.1, -0.05) is 6.07 Å². The van der Waals surface area contributed by atoms with E-state index in [0.29, 0.717) is 0 Å². The molecule has 2 rings (SSSR count). The molecular formula is C12H19N3. The van der Waals surface area contributed by atoms with Crippen LogP contribution in [0.3, 0.4) is 0 Å². The first-order chi connectivity index (χ1) is 7.36. The molecule has 1 aromatic rings. The van der Waals surface area contributed by atoms with Crippen LogP contribution in [0.25, 0.3) is 0 Å². The Hall–Kier alpha value is -1.09. The molecule has 82 valence electrons. The zero-order valence-corrected chi connectivity index (χ0v) is 9.29. The highest BCUT2D eigenvalue weighted by Crippen LogP contribution is 2.13. The van der Waals surface area contributed by atoms with Crippen molar-refractivity contribution in [2.24, 2.45) is 5.92 Å². The summed E-state index contributed by atoms with van der Waals surface area (Å²) in [5, 5.41) is 6.79. The zero-order valence-electron chi connectivity index (χ0n) is 9.29. The number of nitrogens with zero attached hydrogens (tertiary/aromatic N) is 1. The Kier molecular flexibility index (Phi) is 3.56. The van der Waals surface area contributed by atoms with Crippen molar-refractivity contribution in [2.75, 3.05) is 25.0 Å². The number of nitrogens with one attached hydrogen (secondary N) is 2. The van der Waals surface area contributed by atoms with E-state index in [1.165, 1.54) is 31.5 Å². The van der Waals surface area contributed by atoms with E-state index in [1.807, 2.05) is 12.3 Å². The molecule has 2 heterocycles. The highest BCUT2D eigenvalue weighted by atomic mass is 15.0. The molecule has 0 spiro atoms. The van der Waals surface area contributed by atoms with Crippen molar-refractivity contribution in [3.8, 4) is 0 Å². The van der Waals surface area contributed by atoms with E-state index in [1.54, 1.807) is 0 Å². The Morgan fingerprint density at radius 2 is 2.53 bits per heavy atom. The average molecular weight is 205 g/mol. The van der Waals surface area contributed by atoms with Gasteiger partial charge in [0, 0.05) is 12.7 Å². The smallest absolute Gasteiger partial charge is 0.128 e. The summed E-state index contributed by atoms with van der Waals surface area (Å²) in [6.07, 6.45) is 4.40. The molecule has 3 nitrogen and oxygen atoms in total. The standard InChI is InChI=1S/C12H19N3/c1-10-3-2-6-14-12(10)15-8-5-11-4-7-13-9-11/h2-3,6,11,13H,4-5,7-9H2,1H3,(H,14,15). The monoisotopic (exact) mass is 205 g/mol.